The van der Waals surface area contributed by atoms with Gasteiger partial charge in [-0.25, -0.2) is 4.98 Å². The number of thiophene rings is 1. The van der Waals surface area contributed by atoms with Crippen LogP contribution in [0, 0.1) is 0 Å². The number of hydrogen-bond acceptors (Lipinski definition) is 5. The number of rotatable bonds is 6. The Morgan fingerprint density at radius 2 is 2.32 bits per heavy atom. The van der Waals surface area contributed by atoms with Crippen molar-refractivity contribution in [1.82, 2.24) is 9.88 Å². The van der Waals surface area contributed by atoms with E-state index in [4.69, 9.17) is 0 Å². The zero-order valence-electron chi connectivity index (χ0n) is 10.8. The van der Waals surface area contributed by atoms with E-state index in [9.17, 15) is 9.90 Å². The van der Waals surface area contributed by atoms with Crippen LogP contribution in [0.3, 0.4) is 0 Å². The Morgan fingerprint density at radius 3 is 2.84 bits per heavy atom. The molecule has 19 heavy (non-hydrogen) atoms. The van der Waals surface area contributed by atoms with Gasteiger partial charge in [0, 0.05) is 24.0 Å². The Bertz CT molecular complexity index is 511. The van der Waals surface area contributed by atoms with E-state index >= 15 is 0 Å². The van der Waals surface area contributed by atoms with Gasteiger partial charge >= 0.3 is 5.97 Å². The average Bonchev–Trinajstić information content (AvgIpc) is 3.01. The summed E-state index contributed by atoms with van der Waals surface area (Å²) in [5.74, 6) is -0.585. The summed E-state index contributed by atoms with van der Waals surface area (Å²) in [5, 5.41) is 16.2. The van der Waals surface area contributed by atoms with Gasteiger partial charge in [0.2, 0.25) is 0 Å². The maximum atomic E-state index is 11.5. The molecule has 0 amide bonds. The molecular formula is C13H16N2O2S2. The van der Waals surface area contributed by atoms with Crippen molar-refractivity contribution in [3.05, 3.63) is 39.0 Å². The normalized spacial score (nSPS) is 14.5. The van der Waals surface area contributed by atoms with Crippen molar-refractivity contribution >= 4 is 28.6 Å². The van der Waals surface area contributed by atoms with Gasteiger partial charge in [-0.15, -0.1) is 11.3 Å². The second-order valence-electron chi connectivity index (χ2n) is 4.51. The molecule has 1 N–H and O–H groups in total. The number of aliphatic carboxylic acids is 1. The Hall–Kier alpha value is -1.24. The Balaban J connectivity index is 2.08. The molecule has 2 aromatic rings. The van der Waals surface area contributed by atoms with Crippen molar-refractivity contribution in [3.8, 4) is 0 Å². The molecule has 0 fully saturated rings. The summed E-state index contributed by atoms with van der Waals surface area (Å²) >= 11 is 3.13. The van der Waals surface area contributed by atoms with Crippen LogP contribution < -0.4 is 0 Å². The van der Waals surface area contributed by atoms with E-state index < -0.39 is 12.0 Å². The molecule has 0 aliphatic rings. The van der Waals surface area contributed by atoms with Gasteiger partial charge in [-0.1, -0.05) is 6.92 Å². The highest BCUT2D eigenvalue weighted by atomic mass is 32.1. The smallest absolute Gasteiger partial charge is 0.325 e. The Kier molecular flexibility index (Phi) is 4.68. The quantitative estimate of drug-likeness (QED) is 0.890. The first kappa shape index (κ1) is 14.2. The van der Waals surface area contributed by atoms with Crippen LogP contribution in [-0.4, -0.2) is 34.6 Å². The van der Waals surface area contributed by atoms with E-state index in [1.165, 1.54) is 11.3 Å². The summed E-state index contributed by atoms with van der Waals surface area (Å²) in [6, 6.07) is 1.28. The molecule has 2 atom stereocenters. The van der Waals surface area contributed by atoms with Gasteiger partial charge in [0.15, 0.2) is 0 Å². The van der Waals surface area contributed by atoms with Crippen LogP contribution in [0.25, 0.3) is 0 Å². The second kappa shape index (κ2) is 6.27. The fourth-order valence-corrected chi connectivity index (χ4v) is 3.48. The van der Waals surface area contributed by atoms with Gasteiger partial charge in [-0.05, 0) is 29.4 Å². The first-order valence-electron chi connectivity index (χ1n) is 5.94. The molecule has 2 rings (SSSR count). The number of aromatic nitrogens is 1. The maximum Gasteiger partial charge on any atom is 0.325 e. The lowest BCUT2D eigenvalue weighted by atomic mass is 10.1. The van der Waals surface area contributed by atoms with E-state index in [1.807, 2.05) is 34.2 Å². The maximum absolute atomic E-state index is 11.5. The predicted octanol–water partition coefficient (Wildman–Crippen LogP) is 3.07. The first-order valence-corrected chi connectivity index (χ1v) is 7.76. The number of thiazole rings is 1. The minimum Gasteiger partial charge on any atom is -0.480 e. The van der Waals surface area contributed by atoms with Gasteiger partial charge in [0.05, 0.1) is 5.01 Å². The van der Waals surface area contributed by atoms with E-state index in [-0.39, 0.29) is 5.92 Å². The molecule has 4 nitrogen and oxygen atoms in total. The lowest BCUT2D eigenvalue weighted by molar-refractivity contribution is -0.143. The van der Waals surface area contributed by atoms with Crippen LogP contribution in [0.5, 0.6) is 0 Å². The van der Waals surface area contributed by atoms with Crippen LogP contribution in [0.2, 0.25) is 0 Å². The summed E-state index contributed by atoms with van der Waals surface area (Å²) in [7, 11) is 1.85. The molecule has 2 unspecified atom stereocenters. The highest BCUT2D eigenvalue weighted by Crippen LogP contribution is 2.26. The minimum atomic E-state index is -0.813. The number of carboxylic acids is 1. The molecule has 0 aromatic carbocycles. The lowest BCUT2D eigenvalue weighted by Gasteiger charge is -2.26. The number of nitrogens with zero attached hydrogens (tertiary/aromatic N) is 2. The molecular weight excluding hydrogens is 280 g/mol. The van der Waals surface area contributed by atoms with Crippen molar-refractivity contribution in [3.63, 3.8) is 0 Å². The molecule has 0 radical (unpaired) electrons. The molecule has 102 valence electrons. The summed E-state index contributed by atoms with van der Waals surface area (Å²) in [6.07, 6.45) is 1.78. The molecule has 0 bridgehead atoms. The lowest BCUT2D eigenvalue weighted by Crippen LogP contribution is -2.33. The van der Waals surface area contributed by atoms with Crippen molar-refractivity contribution in [2.24, 2.45) is 0 Å². The number of carboxylic acid groups (broad SMARTS) is 1. The third-order valence-corrected chi connectivity index (χ3v) is 4.68. The standard InChI is InChI=1S/C13H16N2O2S2/c1-9(12-14-4-6-19-12)7-15(2)11(13(16)17)10-3-5-18-8-10/h3-6,8-9,11H,7H2,1-2H3,(H,16,17). The summed E-state index contributed by atoms with van der Waals surface area (Å²) < 4.78 is 0. The van der Waals surface area contributed by atoms with Crippen LogP contribution >= 0.6 is 22.7 Å². The predicted molar refractivity (Wildman–Crippen MR) is 77.9 cm³/mol. The molecule has 6 heteroatoms. The largest absolute Gasteiger partial charge is 0.480 e. The van der Waals surface area contributed by atoms with Gasteiger partial charge in [-0.3, -0.25) is 9.69 Å². The average molecular weight is 296 g/mol. The van der Waals surface area contributed by atoms with Crippen molar-refractivity contribution in [2.75, 3.05) is 13.6 Å². The minimum absolute atomic E-state index is 0.227. The fourth-order valence-electron chi connectivity index (χ4n) is 2.11. The second-order valence-corrected chi connectivity index (χ2v) is 6.21. The number of hydrogen-bond donors (Lipinski definition) is 1. The van der Waals surface area contributed by atoms with E-state index in [0.717, 1.165) is 10.6 Å². The van der Waals surface area contributed by atoms with E-state index in [1.54, 1.807) is 17.5 Å². The van der Waals surface area contributed by atoms with Crippen LogP contribution in [0.4, 0.5) is 0 Å². The highest BCUT2D eigenvalue weighted by Gasteiger charge is 2.26. The SMILES string of the molecule is CC(CN(C)C(C(=O)O)c1ccsc1)c1nccs1. The number of carbonyl (C=O) groups is 1. The molecule has 0 saturated carbocycles. The summed E-state index contributed by atoms with van der Waals surface area (Å²) in [6.45, 7) is 2.74. The molecule has 0 aliphatic carbocycles. The zero-order valence-corrected chi connectivity index (χ0v) is 12.4. The third-order valence-electron chi connectivity index (χ3n) is 2.97. The summed E-state index contributed by atoms with van der Waals surface area (Å²) in [4.78, 5) is 17.6. The highest BCUT2D eigenvalue weighted by molar-refractivity contribution is 7.09. The summed E-state index contributed by atoms with van der Waals surface area (Å²) in [5.41, 5.74) is 0.839. The van der Waals surface area contributed by atoms with E-state index in [2.05, 4.69) is 11.9 Å². The third kappa shape index (κ3) is 3.40. The molecule has 2 heterocycles. The van der Waals surface area contributed by atoms with Crippen LogP contribution in [0.1, 0.15) is 29.5 Å². The topological polar surface area (TPSA) is 53.4 Å². The number of likely N-dealkylation sites (N-methyl/N-ethyl adjacent to an activating group) is 1. The Labute approximate surface area is 120 Å². The molecule has 0 aliphatic heterocycles. The fraction of sp³-hybridized carbons (Fsp3) is 0.385. The van der Waals surface area contributed by atoms with Gasteiger partial charge in [0.1, 0.15) is 6.04 Å². The van der Waals surface area contributed by atoms with Crippen LogP contribution in [-0.2, 0) is 4.79 Å². The van der Waals surface area contributed by atoms with Gasteiger partial charge in [0.25, 0.3) is 0 Å². The Morgan fingerprint density at radius 1 is 1.53 bits per heavy atom. The molecule has 0 spiro atoms. The van der Waals surface area contributed by atoms with Gasteiger partial charge in [-0.2, -0.15) is 11.3 Å². The van der Waals surface area contributed by atoms with Crippen molar-refractivity contribution < 1.29 is 9.90 Å². The van der Waals surface area contributed by atoms with E-state index in [0.29, 0.717) is 6.54 Å². The monoisotopic (exact) mass is 296 g/mol. The van der Waals surface area contributed by atoms with Crippen molar-refractivity contribution in [1.29, 1.82) is 0 Å². The zero-order chi connectivity index (χ0) is 13.8. The van der Waals surface area contributed by atoms with Crippen molar-refractivity contribution in [2.45, 2.75) is 18.9 Å². The molecule has 2 aromatic heterocycles. The van der Waals surface area contributed by atoms with Crippen LogP contribution in [0.15, 0.2) is 28.4 Å². The van der Waals surface area contributed by atoms with Gasteiger partial charge < -0.3 is 5.11 Å². The molecule has 0 saturated heterocycles. The first-order chi connectivity index (χ1) is 9.09.